The van der Waals surface area contributed by atoms with Gasteiger partial charge in [0.25, 0.3) is 11.4 Å². The highest BCUT2D eigenvalue weighted by Gasteiger charge is 2.23. The molecule has 0 N–H and O–H groups in total. The van der Waals surface area contributed by atoms with Crippen LogP contribution in [0.15, 0.2) is 18.2 Å². The Hall–Kier alpha value is -2.71. The maximum atomic E-state index is 12.1. The Kier molecular flexibility index (Phi) is 5.79. The number of nitrogens with zero attached hydrogens (tertiary/aromatic N) is 4. The molecule has 22 heavy (non-hydrogen) atoms. The van der Waals surface area contributed by atoms with Crippen molar-refractivity contribution in [3.8, 4) is 0 Å². The van der Waals surface area contributed by atoms with Gasteiger partial charge in [0, 0.05) is 26.2 Å². The molecule has 0 fully saturated rings. The lowest BCUT2D eigenvalue weighted by Crippen LogP contribution is -2.39. The molecule has 0 atom stereocenters. The van der Waals surface area contributed by atoms with Gasteiger partial charge in [-0.3, -0.25) is 25.0 Å². The van der Waals surface area contributed by atoms with Crippen molar-refractivity contribution in [2.24, 2.45) is 0 Å². The van der Waals surface area contributed by atoms with Crippen LogP contribution in [0.25, 0.3) is 0 Å². The summed E-state index contributed by atoms with van der Waals surface area (Å²) in [7, 11) is 1.54. The number of carbonyl (C=O) groups is 1. The molecule has 0 radical (unpaired) electrons. The number of hydrogen-bond donors (Lipinski definition) is 0. The zero-order valence-corrected chi connectivity index (χ0v) is 12.7. The number of non-ortho nitro benzene ring substituents is 1. The molecule has 120 valence electrons. The summed E-state index contributed by atoms with van der Waals surface area (Å²) in [5, 5.41) is 21.8. The number of amides is 1. The minimum Gasteiger partial charge on any atom is -0.360 e. The molecule has 0 aliphatic heterocycles. The fourth-order valence-electron chi connectivity index (χ4n) is 2.06. The Bertz CT molecular complexity index is 586. The third kappa shape index (κ3) is 3.90. The van der Waals surface area contributed by atoms with Crippen LogP contribution in [0.3, 0.4) is 0 Å². The SMILES string of the molecule is CCN(CC)C(=O)CN(C)c1ccc([N+](=O)[O-])cc1[N+](=O)[O-]. The Labute approximate surface area is 127 Å². The van der Waals surface area contributed by atoms with E-state index in [1.165, 1.54) is 24.1 Å². The van der Waals surface area contributed by atoms with Crippen LogP contribution < -0.4 is 4.90 Å². The quantitative estimate of drug-likeness (QED) is 0.561. The summed E-state index contributed by atoms with van der Waals surface area (Å²) in [6.45, 7) is 4.74. The van der Waals surface area contributed by atoms with E-state index < -0.39 is 15.5 Å². The van der Waals surface area contributed by atoms with Gasteiger partial charge in [-0.05, 0) is 19.9 Å². The Morgan fingerprint density at radius 3 is 2.18 bits per heavy atom. The number of nitro benzene ring substituents is 2. The zero-order valence-electron chi connectivity index (χ0n) is 12.7. The first-order valence-corrected chi connectivity index (χ1v) is 6.73. The van der Waals surface area contributed by atoms with Crippen molar-refractivity contribution in [1.29, 1.82) is 0 Å². The fraction of sp³-hybridized carbons (Fsp3) is 0.462. The number of likely N-dealkylation sites (N-methyl/N-ethyl adjacent to an activating group) is 2. The molecule has 0 saturated carbocycles. The van der Waals surface area contributed by atoms with E-state index in [0.29, 0.717) is 13.1 Å². The number of benzene rings is 1. The fourth-order valence-corrected chi connectivity index (χ4v) is 2.06. The minimum atomic E-state index is -0.697. The van der Waals surface area contributed by atoms with Crippen molar-refractivity contribution in [3.05, 3.63) is 38.4 Å². The molecule has 0 aromatic heterocycles. The number of carbonyl (C=O) groups excluding carboxylic acids is 1. The van der Waals surface area contributed by atoms with Crippen molar-refractivity contribution in [1.82, 2.24) is 4.90 Å². The van der Waals surface area contributed by atoms with Gasteiger partial charge in [-0.1, -0.05) is 0 Å². The van der Waals surface area contributed by atoms with E-state index in [4.69, 9.17) is 0 Å². The van der Waals surface area contributed by atoms with Crippen LogP contribution in [0.5, 0.6) is 0 Å². The first-order valence-electron chi connectivity index (χ1n) is 6.73. The van der Waals surface area contributed by atoms with Crippen LogP contribution in [0.2, 0.25) is 0 Å². The minimum absolute atomic E-state index is 0.0413. The monoisotopic (exact) mass is 310 g/mol. The van der Waals surface area contributed by atoms with E-state index in [9.17, 15) is 25.0 Å². The number of nitro groups is 2. The van der Waals surface area contributed by atoms with Crippen molar-refractivity contribution >= 4 is 23.0 Å². The van der Waals surface area contributed by atoms with E-state index in [1.54, 1.807) is 4.90 Å². The molecule has 0 aliphatic rings. The molecule has 1 aromatic rings. The summed E-state index contributed by atoms with van der Waals surface area (Å²) in [6.07, 6.45) is 0. The van der Waals surface area contributed by atoms with Gasteiger partial charge in [-0.25, -0.2) is 0 Å². The van der Waals surface area contributed by atoms with E-state index in [-0.39, 0.29) is 23.8 Å². The normalized spacial score (nSPS) is 10.1. The lowest BCUT2D eigenvalue weighted by Gasteiger charge is -2.24. The average Bonchev–Trinajstić information content (AvgIpc) is 2.47. The van der Waals surface area contributed by atoms with E-state index in [1.807, 2.05) is 13.8 Å². The maximum absolute atomic E-state index is 12.1. The predicted octanol–water partition coefficient (Wildman–Crippen LogP) is 1.81. The van der Waals surface area contributed by atoms with Gasteiger partial charge in [0.05, 0.1) is 22.5 Å². The standard InChI is InChI=1S/C13H18N4O5/c1-4-15(5-2)13(18)9-14(3)11-7-6-10(16(19)20)8-12(11)17(21)22/h6-8H,4-5,9H2,1-3H3. The number of anilines is 1. The molecule has 9 nitrogen and oxygen atoms in total. The smallest absolute Gasteiger partial charge is 0.299 e. The molecular weight excluding hydrogens is 292 g/mol. The topological polar surface area (TPSA) is 110 Å². The van der Waals surface area contributed by atoms with Crippen LogP contribution in [0, 0.1) is 20.2 Å². The highest BCUT2D eigenvalue weighted by atomic mass is 16.6. The van der Waals surface area contributed by atoms with E-state index >= 15 is 0 Å². The van der Waals surface area contributed by atoms with Crippen LogP contribution >= 0.6 is 0 Å². The molecular formula is C13H18N4O5. The van der Waals surface area contributed by atoms with Gasteiger partial charge in [-0.2, -0.15) is 0 Å². The molecule has 1 aromatic carbocycles. The lowest BCUT2D eigenvalue weighted by molar-refractivity contribution is -0.393. The van der Waals surface area contributed by atoms with Gasteiger partial charge in [0.1, 0.15) is 5.69 Å². The third-order valence-corrected chi connectivity index (χ3v) is 3.27. The van der Waals surface area contributed by atoms with Crippen LogP contribution in [0.1, 0.15) is 13.8 Å². The maximum Gasteiger partial charge on any atom is 0.299 e. The molecule has 1 rings (SSSR count). The highest BCUT2D eigenvalue weighted by molar-refractivity contribution is 5.82. The van der Waals surface area contributed by atoms with Gasteiger partial charge in [-0.15, -0.1) is 0 Å². The molecule has 0 saturated heterocycles. The first kappa shape index (κ1) is 17.3. The number of hydrogen-bond acceptors (Lipinski definition) is 6. The number of rotatable bonds is 7. The Balaban J connectivity index is 3.07. The zero-order chi connectivity index (χ0) is 16.9. The summed E-state index contributed by atoms with van der Waals surface area (Å²) in [4.78, 5) is 35.5. The third-order valence-electron chi connectivity index (χ3n) is 3.27. The largest absolute Gasteiger partial charge is 0.360 e. The second-order valence-electron chi connectivity index (χ2n) is 4.61. The van der Waals surface area contributed by atoms with Crippen molar-refractivity contribution < 1.29 is 14.6 Å². The summed E-state index contributed by atoms with van der Waals surface area (Å²) in [6, 6.07) is 3.36. The molecule has 9 heteroatoms. The van der Waals surface area contributed by atoms with Gasteiger partial charge >= 0.3 is 0 Å². The van der Waals surface area contributed by atoms with Crippen LogP contribution in [0.4, 0.5) is 17.1 Å². The molecule has 0 bridgehead atoms. The highest BCUT2D eigenvalue weighted by Crippen LogP contribution is 2.31. The molecule has 1 amide bonds. The second-order valence-corrected chi connectivity index (χ2v) is 4.61. The van der Waals surface area contributed by atoms with Crippen LogP contribution in [-0.2, 0) is 4.79 Å². The Morgan fingerprint density at radius 2 is 1.73 bits per heavy atom. The first-order chi connectivity index (χ1) is 10.3. The van der Waals surface area contributed by atoms with Gasteiger partial charge in [0.2, 0.25) is 5.91 Å². The molecule has 0 aliphatic carbocycles. The molecule has 0 heterocycles. The van der Waals surface area contributed by atoms with E-state index in [2.05, 4.69) is 0 Å². The summed E-state index contributed by atoms with van der Waals surface area (Å²) < 4.78 is 0. The lowest BCUT2D eigenvalue weighted by atomic mass is 10.2. The van der Waals surface area contributed by atoms with Crippen molar-refractivity contribution in [2.75, 3.05) is 31.6 Å². The summed E-state index contributed by atoms with van der Waals surface area (Å²) in [5.41, 5.74) is -0.598. The van der Waals surface area contributed by atoms with Gasteiger partial charge < -0.3 is 9.80 Å². The summed E-state index contributed by atoms with van der Waals surface area (Å²) in [5.74, 6) is -0.167. The summed E-state index contributed by atoms with van der Waals surface area (Å²) >= 11 is 0. The van der Waals surface area contributed by atoms with Crippen molar-refractivity contribution in [3.63, 3.8) is 0 Å². The molecule has 0 spiro atoms. The predicted molar refractivity (Wildman–Crippen MR) is 80.9 cm³/mol. The van der Waals surface area contributed by atoms with E-state index in [0.717, 1.165) is 6.07 Å². The second kappa shape index (κ2) is 7.34. The van der Waals surface area contributed by atoms with Crippen molar-refractivity contribution in [2.45, 2.75) is 13.8 Å². The van der Waals surface area contributed by atoms with Crippen LogP contribution in [-0.4, -0.2) is 47.3 Å². The molecule has 0 unspecified atom stereocenters. The Morgan fingerprint density at radius 1 is 1.14 bits per heavy atom. The average molecular weight is 310 g/mol. The van der Waals surface area contributed by atoms with Gasteiger partial charge in [0.15, 0.2) is 0 Å².